The zero-order chi connectivity index (χ0) is 89.5. The van der Waals surface area contributed by atoms with E-state index < -0.39 is 0 Å². The molecule has 16 heterocycles. The second-order valence-corrected chi connectivity index (χ2v) is 36.6. The number of nitrogens with zero attached hydrogens (tertiary/aromatic N) is 20. The summed E-state index contributed by atoms with van der Waals surface area (Å²) in [6.07, 6.45) is 46.7. The van der Waals surface area contributed by atoms with E-state index in [4.69, 9.17) is 38.7 Å². The van der Waals surface area contributed by atoms with Crippen molar-refractivity contribution < 1.29 is 38.7 Å². The molecule has 16 rings (SSSR count). The van der Waals surface area contributed by atoms with Gasteiger partial charge in [0.25, 0.3) is 0 Å². The first-order chi connectivity index (χ1) is 59.2. The number of rotatable bonds is 8. The lowest BCUT2D eigenvalue weighted by Gasteiger charge is -2.30. The van der Waals surface area contributed by atoms with Crippen molar-refractivity contribution in [2.75, 3.05) is 403 Å². The van der Waals surface area contributed by atoms with Crippen molar-refractivity contribution in [1.82, 2.24) is 99.3 Å². The van der Waals surface area contributed by atoms with E-state index in [0.29, 0.717) is 0 Å². The fourth-order valence-corrected chi connectivity index (χ4v) is 16.0. The van der Waals surface area contributed by atoms with E-state index in [2.05, 4.69) is 143 Å². The van der Waals surface area contributed by atoms with Crippen molar-refractivity contribution in [3.63, 3.8) is 0 Å². The molecule has 0 unspecified atom stereocenters. The summed E-state index contributed by atoms with van der Waals surface area (Å²) < 4.78 is 0. The molecule has 0 bridgehead atoms. The van der Waals surface area contributed by atoms with Gasteiger partial charge >= 0.3 is 0 Å². The number of piperazine rings is 4. The molecule has 748 valence electrons. The van der Waals surface area contributed by atoms with Gasteiger partial charge in [-0.3, -0.25) is 0 Å². The highest BCUT2D eigenvalue weighted by atomic mass is 16.7. The third-order valence-corrected chi connectivity index (χ3v) is 25.3. The first-order valence-corrected chi connectivity index (χ1v) is 49.7. The predicted molar refractivity (Wildman–Crippen MR) is 529 cm³/mol. The number of hydrogen-bond donors (Lipinski definition) is 0. The molecule has 0 spiro atoms. The Hall–Kier alpha value is -1.12. The van der Waals surface area contributed by atoms with E-state index in [1.165, 1.54) is 349 Å². The second kappa shape index (κ2) is 89.7. The molecular weight excluding hydrogens is 1560 g/mol. The molecule has 0 amide bonds. The molecule has 16 saturated heterocycles. The maximum Gasteiger partial charge on any atom is 0.0575 e. The van der Waals surface area contributed by atoms with Crippen LogP contribution in [-0.2, 0) is 38.7 Å². The molecule has 124 heavy (non-hydrogen) atoms. The summed E-state index contributed by atoms with van der Waals surface area (Å²) >= 11 is 0. The molecule has 0 N–H and O–H groups in total. The maximum absolute atomic E-state index is 5.05. The Kier molecular flexibility index (Phi) is 90.4. The Balaban J connectivity index is 0. The van der Waals surface area contributed by atoms with E-state index in [9.17, 15) is 0 Å². The normalized spacial score (nSPS) is 24.3. The average molecular weight is 1780 g/mol. The van der Waals surface area contributed by atoms with Gasteiger partial charge in [0.1, 0.15) is 0 Å². The monoisotopic (exact) mass is 1780 g/mol. The van der Waals surface area contributed by atoms with E-state index in [0.717, 1.165) is 131 Å². The highest BCUT2D eigenvalue weighted by Crippen LogP contribution is 2.14. The van der Waals surface area contributed by atoms with Crippen LogP contribution >= 0.6 is 0 Å². The molecule has 0 aromatic heterocycles. The maximum atomic E-state index is 5.05. The number of likely N-dealkylation sites (N-methyl/N-ethyl adjacent to an activating group) is 6. The minimum atomic E-state index is 0. The highest BCUT2D eigenvalue weighted by molar-refractivity contribution is 4.70. The molecule has 28 heteroatoms. The van der Waals surface area contributed by atoms with Gasteiger partial charge in [-0.25, -0.2) is 0 Å². The summed E-state index contributed by atoms with van der Waals surface area (Å²) in [5, 5.41) is 16.0. The number of piperidine rings is 10. The second-order valence-electron chi connectivity index (χ2n) is 36.6. The number of hydrogen-bond acceptors (Lipinski definition) is 28. The van der Waals surface area contributed by atoms with Crippen LogP contribution in [0.5, 0.6) is 0 Å². The highest BCUT2D eigenvalue weighted by Gasteiger charge is 2.17. The Morgan fingerprint density at radius 2 is 0.169 bits per heavy atom. The van der Waals surface area contributed by atoms with Gasteiger partial charge in [0.2, 0.25) is 0 Å². The predicted octanol–water partition coefficient (Wildman–Crippen LogP) is 12.6. The zero-order valence-electron chi connectivity index (χ0n) is 84.5. The van der Waals surface area contributed by atoms with Gasteiger partial charge in [-0.15, -0.1) is 0 Å². The molecule has 0 radical (unpaired) electrons. The van der Waals surface area contributed by atoms with E-state index >= 15 is 0 Å². The smallest absolute Gasteiger partial charge is 0.0575 e. The van der Waals surface area contributed by atoms with Gasteiger partial charge in [0, 0.05) is 183 Å². The van der Waals surface area contributed by atoms with Crippen molar-refractivity contribution >= 4 is 0 Å². The summed E-state index contributed by atoms with van der Waals surface area (Å²) in [5.41, 5.74) is 0. The molecule has 16 aliphatic heterocycles. The first kappa shape index (κ1) is 125. The fourth-order valence-electron chi connectivity index (χ4n) is 16.0. The lowest BCUT2D eigenvalue weighted by Crippen LogP contribution is -2.43. The van der Waals surface area contributed by atoms with Crippen molar-refractivity contribution in [1.29, 1.82) is 0 Å². The Labute approximate surface area is 770 Å². The molecule has 28 nitrogen and oxygen atoms in total. The molecular formula is C96H216N20O8. The van der Waals surface area contributed by atoms with Crippen LogP contribution in [0.2, 0.25) is 0 Å². The molecule has 0 aliphatic carbocycles. The van der Waals surface area contributed by atoms with Crippen LogP contribution < -0.4 is 0 Å². The summed E-state index contributed by atoms with van der Waals surface area (Å²) in [6, 6.07) is 0. The number of hydroxylamine groups is 16. The third kappa shape index (κ3) is 78.4. The SMILES string of the molecule is C.C.CN1CCCC1.CN1CCCCC1.CN1CCCCC1.CN1CCCCC1.CN1CCCCC1.CN1CCCCC1.CN1CCN(C)CC1.CN1CCN(C)CC1.CON1CCCC1.CON1CCCCC1.CON1CCCCC1.CON1CCCCC1.CON1CCCCC1.CON1CCCCC1.CON1CCN(C)CC1.CON1CCN(C)CC1. The van der Waals surface area contributed by atoms with Crippen molar-refractivity contribution in [3.05, 3.63) is 0 Å². The van der Waals surface area contributed by atoms with Crippen LogP contribution in [0.1, 0.15) is 233 Å². The van der Waals surface area contributed by atoms with E-state index in [-0.39, 0.29) is 14.9 Å². The van der Waals surface area contributed by atoms with Crippen LogP contribution in [0.25, 0.3) is 0 Å². The van der Waals surface area contributed by atoms with Crippen LogP contribution in [0.3, 0.4) is 0 Å². The van der Waals surface area contributed by atoms with Crippen molar-refractivity contribution in [2.45, 2.75) is 233 Å². The fraction of sp³-hybridized carbons (Fsp3) is 1.00. The Morgan fingerprint density at radius 1 is 0.0968 bits per heavy atom. The average Bonchev–Trinajstić information content (AvgIpc) is 1.02. The number of likely N-dealkylation sites (tertiary alicyclic amines) is 6. The summed E-state index contributed by atoms with van der Waals surface area (Å²) in [6.45, 7) is 47.8. The molecule has 16 fully saturated rings. The summed E-state index contributed by atoms with van der Waals surface area (Å²) in [7, 11) is 40.0. The largest absolute Gasteiger partial charge is 0.306 e. The topological polar surface area (TPSA) is 139 Å². The van der Waals surface area contributed by atoms with Gasteiger partial charge in [-0.05, 0) is 317 Å². The van der Waals surface area contributed by atoms with Crippen LogP contribution in [-0.4, -0.2) is 503 Å². The Bertz CT molecular complexity index is 1790. The van der Waals surface area contributed by atoms with Crippen molar-refractivity contribution in [3.8, 4) is 0 Å². The standard InChI is InChI=1S/2C6H14N2O.2C6H14N2.5C6H13NO.5C6H13N.C5H11NO.C5H11N.2CH4/c2*1-7-3-5-8(9-2)6-4-7;2*1-7-3-5-8(2)6-4-7;5*1-8-7-5-3-2-4-6-7;5*1-7-5-3-2-4-6-7;1-7-6-4-2-3-5-6;1-6-4-2-3-5-6;;/h2*3-6H2,1-2H3;2*3-6H2,1-2H3;5*2-6H2,1H3;5*2-6H2,1H3;2-5H2,1H3;2-5H2,1H3;2*1H4. The van der Waals surface area contributed by atoms with Gasteiger partial charge in [-0.1, -0.05) is 79.1 Å². The molecule has 0 atom stereocenters. The minimum Gasteiger partial charge on any atom is -0.306 e. The lowest BCUT2D eigenvalue weighted by atomic mass is 10.1. The summed E-state index contributed by atoms with van der Waals surface area (Å²) in [4.78, 5) is 68.5. The Morgan fingerprint density at radius 3 is 0.250 bits per heavy atom. The van der Waals surface area contributed by atoms with Gasteiger partial charge in [-0.2, -0.15) is 40.5 Å². The molecule has 0 saturated carbocycles. The van der Waals surface area contributed by atoms with E-state index in [1.54, 1.807) is 56.9 Å². The van der Waals surface area contributed by atoms with Gasteiger partial charge < -0.3 is 97.5 Å². The quantitative estimate of drug-likeness (QED) is 0.227. The van der Waals surface area contributed by atoms with Crippen LogP contribution in [0.15, 0.2) is 0 Å². The molecule has 0 aromatic carbocycles. The lowest BCUT2D eigenvalue weighted by molar-refractivity contribution is -0.149. The molecule has 16 aliphatic rings. The minimum absolute atomic E-state index is 0. The van der Waals surface area contributed by atoms with Gasteiger partial charge in [0.05, 0.1) is 56.9 Å². The van der Waals surface area contributed by atoms with Crippen molar-refractivity contribution in [2.24, 2.45) is 0 Å². The molecule has 0 aromatic rings. The van der Waals surface area contributed by atoms with Crippen LogP contribution in [0.4, 0.5) is 0 Å². The first-order valence-electron chi connectivity index (χ1n) is 49.7. The third-order valence-electron chi connectivity index (χ3n) is 25.3. The van der Waals surface area contributed by atoms with E-state index in [1.807, 2.05) is 40.5 Å². The zero-order valence-corrected chi connectivity index (χ0v) is 84.5. The van der Waals surface area contributed by atoms with Gasteiger partial charge in [0.15, 0.2) is 0 Å². The van der Waals surface area contributed by atoms with Crippen LogP contribution in [0, 0.1) is 0 Å². The summed E-state index contributed by atoms with van der Waals surface area (Å²) in [5.74, 6) is 0.